The summed E-state index contributed by atoms with van der Waals surface area (Å²) in [5.41, 5.74) is 1.01. The normalized spacial score (nSPS) is 17.0. The predicted molar refractivity (Wildman–Crippen MR) is 94.4 cm³/mol. The minimum absolute atomic E-state index is 0.156. The van der Waals surface area contributed by atoms with E-state index in [1.54, 1.807) is 12.1 Å². The Morgan fingerprint density at radius 1 is 1.16 bits per heavy atom. The molecule has 0 saturated carbocycles. The van der Waals surface area contributed by atoms with Gasteiger partial charge in [-0.15, -0.1) is 0 Å². The number of rotatable bonds is 5. The molecule has 2 rings (SSSR count). The minimum atomic E-state index is -0.505. The van der Waals surface area contributed by atoms with Crippen LogP contribution in [0.5, 0.6) is 0 Å². The van der Waals surface area contributed by atoms with Gasteiger partial charge in [-0.1, -0.05) is 12.1 Å². The van der Waals surface area contributed by atoms with Crippen molar-refractivity contribution in [1.29, 1.82) is 0 Å². The predicted octanol–water partition coefficient (Wildman–Crippen LogP) is 3.40. The largest absolute Gasteiger partial charge is 0.465 e. The van der Waals surface area contributed by atoms with E-state index in [4.69, 9.17) is 14.2 Å². The van der Waals surface area contributed by atoms with Crippen LogP contribution in [0.25, 0.3) is 0 Å². The highest BCUT2D eigenvalue weighted by Crippen LogP contribution is 2.29. The molecule has 1 unspecified atom stereocenters. The van der Waals surface area contributed by atoms with E-state index in [1.165, 1.54) is 7.11 Å². The van der Waals surface area contributed by atoms with Crippen LogP contribution in [0.4, 0.5) is 0 Å². The van der Waals surface area contributed by atoms with E-state index in [1.807, 2.05) is 32.9 Å². The van der Waals surface area contributed by atoms with Gasteiger partial charge in [0, 0.05) is 13.2 Å². The van der Waals surface area contributed by atoms with Crippen LogP contribution in [-0.4, -0.2) is 37.9 Å². The van der Waals surface area contributed by atoms with Gasteiger partial charge in [-0.05, 0) is 63.6 Å². The van der Waals surface area contributed by atoms with Crippen LogP contribution >= 0.6 is 0 Å². The SMILES string of the molecule is COC(=O)c1ccc(CC(C(=O)OC(C)(C)C)C2CCOCC2)cc1. The third-order valence-corrected chi connectivity index (χ3v) is 4.38. The van der Waals surface area contributed by atoms with Crippen LogP contribution in [0.3, 0.4) is 0 Å². The summed E-state index contributed by atoms with van der Waals surface area (Å²) >= 11 is 0. The third kappa shape index (κ3) is 5.85. The Hall–Kier alpha value is -1.88. The first-order valence-corrected chi connectivity index (χ1v) is 8.78. The monoisotopic (exact) mass is 348 g/mol. The number of carbonyl (C=O) groups is 2. The van der Waals surface area contributed by atoms with Gasteiger partial charge in [0.2, 0.25) is 0 Å². The van der Waals surface area contributed by atoms with Gasteiger partial charge in [0.25, 0.3) is 0 Å². The van der Waals surface area contributed by atoms with Crippen LogP contribution in [0.1, 0.15) is 49.5 Å². The number of ether oxygens (including phenoxy) is 3. The van der Waals surface area contributed by atoms with Crippen molar-refractivity contribution in [1.82, 2.24) is 0 Å². The van der Waals surface area contributed by atoms with Crippen molar-refractivity contribution < 1.29 is 23.8 Å². The van der Waals surface area contributed by atoms with Crippen LogP contribution in [0.15, 0.2) is 24.3 Å². The van der Waals surface area contributed by atoms with E-state index in [2.05, 4.69) is 0 Å². The molecule has 25 heavy (non-hydrogen) atoms. The molecule has 1 heterocycles. The summed E-state index contributed by atoms with van der Waals surface area (Å²) < 4.78 is 15.8. The van der Waals surface area contributed by atoms with Crippen LogP contribution in [0.2, 0.25) is 0 Å². The molecule has 0 aliphatic carbocycles. The molecule has 0 spiro atoms. The van der Waals surface area contributed by atoms with Crippen LogP contribution in [0, 0.1) is 11.8 Å². The number of esters is 2. The fourth-order valence-electron chi connectivity index (χ4n) is 3.09. The number of hydrogen-bond acceptors (Lipinski definition) is 5. The van der Waals surface area contributed by atoms with Crippen molar-refractivity contribution in [2.75, 3.05) is 20.3 Å². The summed E-state index contributed by atoms with van der Waals surface area (Å²) in [5, 5.41) is 0. The lowest BCUT2D eigenvalue weighted by Gasteiger charge is -2.31. The number of benzene rings is 1. The molecule has 5 heteroatoms. The molecular weight excluding hydrogens is 320 g/mol. The van der Waals surface area contributed by atoms with Gasteiger partial charge < -0.3 is 14.2 Å². The maximum Gasteiger partial charge on any atom is 0.337 e. The van der Waals surface area contributed by atoms with Crippen molar-refractivity contribution in [2.45, 2.75) is 45.6 Å². The van der Waals surface area contributed by atoms with E-state index in [0.717, 1.165) is 18.4 Å². The summed E-state index contributed by atoms with van der Waals surface area (Å²) in [6.45, 7) is 7.03. The van der Waals surface area contributed by atoms with E-state index < -0.39 is 5.60 Å². The minimum Gasteiger partial charge on any atom is -0.465 e. The maximum atomic E-state index is 12.7. The summed E-state index contributed by atoms with van der Waals surface area (Å²) in [6, 6.07) is 7.22. The summed E-state index contributed by atoms with van der Waals surface area (Å²) in [4.78, 5) is 24.3. The fraction of sp³-hybridized carbons (Fsp3) is 0.600. The van der Waals surface area contributed by atoms with Crippen molar-refractivity contribution in [2.24, 2.45) is 11.8 Å². The van der Waals surface area contributed by atoms with Gasteiger partial charge in [0.05, 0.1) is 18.6 Å². The molecule has 138 valence electrons. The zero-order chi connectivity index (χ0) is 18.4. The Balaban J connectivity index is 2.14. The first-order chi connectivity index (χ1) is 11.8. The van der Waals surface area contributed by atoms with Crippen molar-refractivity contribution >= 4 is 11.9 Å². The molecule has 1 aliphatic rings. The fourth-order valence-corrected chi connectivity index (χ4v) is 3.09. The molecule has 5 nitrogen and oxygen atoms in total. The third-order valence-electron chi connectivity index (χ3n) is 4.38. The van der Waals surface area contributed by atoms with E-state index in [0.29, 0.717) is 25.2 Å². The topological polar surface area (TPSA) is 61.8 Å². The molecular formula is C20H28O5. The Kier molecular flexibility index (Phi) is 6.59. The van der Waals surface area contributed by atoms with Gasteiger partial charge in [-0.3, -0.25) is 4.79 Å². The molecule has 0 radical (unpaired) electrons. The summed E-state index contributed by atoms with van der Waals surface area (Å²) in [7, 11) is 1.36. The van der Waals surface area contributed by atoms with Crippen molar-refractivity contribution in [3.63, 3.8) is 0 Å². The van der Waals surface area contributed by atoms with E-state index >= 15 is 0 Å². The van der Waals surface area contributed by atoms with Crippen LogP contribution < -0.4 is 0 Å². The smallest absolute Gasteiger partial charge is 0.337 e. The molecule has 0 aromatic heterocycles. The second kappa shape index (κ2) is 8.48. The zero-order valence-corrected chi connectivity index (χ0v) is 15.5. The number of methoxy groups -OCH3 is 1. The highest BCUT2D eigenvalue weighted by molar-refractivity contribution is 5.89. The highest BCUT2D eigenvalue weighted by Gasteiger charge is 2.33. The lowest BCUT2D eigenvalue weighted by Crippen LogP contribution is -2.36. The van der Waals surface area contributed by atoms with Gasteiger partial charge in [-0.25, -0.2) is 4.79 Å². The highest BCUT2D eigenvalue weighted by atomic mass is 16.6. The average Bonchev–Trinajstić information content (AvgIpc) is 2.58. The Labute approximate surface area is 149 Å². The van der Waals surface area contributed by atoms with Gasteiger partial charge in [-0.2, -0.15) is 0 Å². The molecule has 1 atom stereocenters. The number of hydrogen-bond donors (Lipinski definition) is 0. The van der Waals surface area contributed by atoms with Crippen molar-refractivity contribution in [3.8, 4) is 0 Å². The zero-order valence-electron chi connectivity index (χ0n) is 15.5. The molecule has 0 amide bonds. The Morgan fingerprint density at radius 2 is 1.76 bits per heavy atom. The summed E-state index contributed by atoms with van der Waals surface area (Å²) in [6.07, 6.45) is 2.33. The standard InChI is InChI=1S/C20H28O5/c1-20(2,3)25-19(22)17(15-9-11-24-12-10-15)13-14-5-7-16(8-6-14)18(21)23-4/h5-8,15,17H,9-13H2,1-4H3. The molecule has 1 aromatic rings. The second-order valence-corrected chi connectivity index (χ2v) is 7.48. The quantitative estimate of drug-likeness (QED) is 0.763. The van der Waals surface area contributed by atoms with Gasteiger partial charge in [0.15, 0.2) is 0 Å². The number of carbonyl (C=O) groups excluding carboxylic acids is 2. The Bertz CT molecular complexity index is 579. The van der Waals surface area contributed by atoms with E-state index in [9.17, 15) is 9.59 Å². The molecule has 1 fully saturated rings. The van der Waals surface area contributed by atoms with E-state index in [-0.39, 0.29) is 23.8 Å². The first-order valence-electron chi connectivity index (χ1n) is 8.78. The second-order valence-electron chi connectivity index (χ2n) is 7.48. The van der Waals surface area contributed by atoms with Crippen molar-refractivity contribution in [3.05, 3.63) is 35.4 Å². The average molecular weight is 348 g/mol. The molecule has 1 aliphatic heterocycles. The molecule has 1 saturated heterocycles. The molecule has 0 N–H and O–H groups in total. The molecule has 0 bridgehead atoms. The van der Waals surface area contributed by atoms with Gasteiger partial charge in [0.1, 0.15) is 5.60 Å². The first kappa shape index (κ1) is 19.4. The lowest BCUT2D eigenvalue weighted by molar-refractivity contribution is -0.163. The lowest BCUT2D eigenvalue weighted by atomic mass is 9.82. The maximum absolute atomic E-state index is 12.7. The van der Waals surface area contributed by atoms with Crippen LogP contribution in [-0.2, 0) is 25.4 Å². The molecule has 1 aromatic carbocycles. The Morgan fingerprint density at radius 3 is 2.28 bits per heavy atom. The summed E-state index contributed by atoms with van der Waals surface area (Å²) in [5.74, 6) is -0.466. The van der Waals surface area contributed by atoms with Gasteiger partial charge >= 0.3 is 11.9 Å².